The summed E-state index contributed by atoms with van der Waals surface area (Å²) in [5.41, 5.74) is -0.0470. The van der Waals surface area contributed by atoms with Gasteiger partial charge in [-0.25, -0.2) is 9.36 Å². The van der Waals surface area contributed by atoms with Crippen LogP contribution in [0.5, 0.6) is 0 Å². The van der Waals surface area contributed by atoms with Crippen LogP contribution in [0.25, 0.3) is 16.8 Å². The summed E-state index contributed by atoms with van der Waals surface area (Å²) in [6.07, 6.45) is 4.31. The Bertz CT molecular complexity index is 1100. The van der Waals surface area contributed by atoms with Gasteiger partial charge in [-0.05, 0) is 24.6 Å². The predicted molar refractivity (Wildman–Crippen MR) is 100 cm³/mol. The molecule has 8 nitrogen and oxygen atoms in total. The van der Waals surface area contributed by atoms with Crippen LogP contribution in [0.1, 0.15) is 6.92 Å². The lowest BCUT2D eigenvalue weighted by Crippen LogP contribution is -2.40. The lowest BCUT2D eigenvalue weighted by atomic mass is 10.1. The molecule has 140 valence electrons. The van der Waals surface area contributed by atoms with Crippen LogP contribution >= 0.6 is 11.6 Å². The Hall–Kier alpha value is -3.13. The van der Waals surface area contributed by atoms with Crippen LogP contribution in [-0.4, -0.2) is 31.5 Å². The molecule has 0 saturated carbocycles. The fourth-order valence-electron chi connectivity index (χ4n) is 2.64. The number of carbonyl (C=O) groups is 1. The Balaban J connectivity index is 2.24. The molecule has 3 aromatic rings. The molecule has 9 heteroatoms. The highest BCUT2D eigenvalue weighted by Gasteiger charge is 2.17. The summed E-state index contributed by atoms with van der Waals surface area (Å²) in [6, 6.07) is 6.63. The third kappa shape index (κ3) is 3.85. The number of nitrogens with zero attached hydrogens (tertiary/aromatic N) is 4. The molecule has 0 aliphatic rings. The van der Waals surface area contributed by atoms with Crippen LogP contribution in [0.4, 0.5) is 0 Å². The van der Waals surface area contributed by atoms with Gasteiger partial charge in [0.1, 0.15) is 6.54 Å². The second kappa shape index (κ2) is 7.63. The molecular weight excluding hydrogens is 372 g/mol. The summed E-state index contributed by atoms with van der Waals surface area (Å²) in [7, 11) is 1.68. The largest absolute Gasteiger partial charge is 0.465 e. The van der Waals surface area contributed by atoms with E-state index >= 15 is 0 Å². The first kappa shape index (κ1) is 18.7. The Kier molecular flexibility index (Phi) is 5.27. The van der Waals surface area contributed by atoms with E-state index in [-0.39, 0.29) is 18.7 Å². The number of hydrogen-bond donors (Lipinski definition) is 0. The molecule has 1 aromatic carbocycles. The number of carbonyl (C=O) groups excluding carboxylic acids is 1. The third-order valence-electron chi connectivity index (χ3n) is 3.86. The first-order valence-corrected chi connectivity index (χ1v) is 8.55. The Morgan fingerprint density at radius 3 is 2.48 bits per heavy atom. The number of ether oxygens (including phenoxy) is 1. The normalized spacial score (nSPS) is 10.8. The van der Waals surface area contributed by atoms with Crippen LogP contribution in [-0.2, 0) is 23.1 Å². The van der Waals surface area contributed by atoms with E-state index in [1.54, 1.807) is 44.4 Å². The molecule has 0 aliphatic carbocycles. The van der Waals surface area contributed by atoms with Crippen LogP contribution in [0.15, 0.2) is 52.4 Å². The molecule has 2 aromatic heterocycles. The average Bonchev–Trinajstić information content (AvgIpc) is 3.05. The molecule has 0 unspecified atom stereocenters. The summed E-state index contributed by atoms with van der Waals surface area (Å²) >= 11 is 5.92. The molecule has 0 radical (unpaired) electrons. The molecule has 2 heterocycles. The lowest BCUT2D eigenvalue weighted by Gasteiger charge is -2.12. The fourth-order valence-corrected chi connectivity index (χ4v) is 2.77. The second-order valence-electron chi connectivity index (χ2n) is 5.78. The summed E-state index contributed by atoms with van der Waals surface area (Å²) in [4.78, 5) is 37.7. The maximum Gasteiger partial charge on any atom is 0.336 e. The van der Waals surface area contributed by atoms with Gasteiger partial charge in [0.2, 0.25) is 0 Å². The van der Waals surface area contributed by atoms with Crippen molar-refractivity contribution in [1.29, 1.82) is 0 Å². The SMILES string of the molecule is CCOC(=O)Cn1cc(-c2ccc(Cl)cc2)c(=O)n(-c2cnn(C)c2)c1=O. The van der Waals surface area contributed by atoms with Gasteiger partial charge in [-0.15, -0.1) is 0 Å². The van der Waals surface area contributed by atoms with E-state index in [0.29, 0.717) is 16.3 Å². The van der Waals surface area contributed by atoms with Crippen molar-refractivity contribution in [2.75, 3.05) is 6.61 Å². The van der Waals surface area contributed by atoms with Crippen molar-refractivity contribution >= 4 is 17.6 Å². The van der Waals surface area contributed by atoms with Crippen LogP contribution < -0.4 is 11.2 Å². The van der Waals surface area contributed by atoms with Gasteiger partial charge in [-0.2, -0.15) is 5.10 Å². The number of esters is 1. The zero-order valence-electron chi connectivity index (χ0n) is 14.8. The van der Waals surface area contributed by atoms with E-state index in [2.05, 4.69) is 5.10 Å². The summed E-state index contributed by atoms with van der Waals surface area (Å²) in [6.45, 7) is 1.56. The van der Waals surface area contributed by atoms with Gasteiger partial charge < -0.3 is 4.74 Å². The quantitative estimate of drug-likeness (QED) is 0.620. The molecule has 0 spiro atoms. The Labute approximate surface area is 159 Å². The number of benzene rings is 1. The molecule has 27 heavy (non-hydrogen) atoms. The topological polar surface area (TPSA) is 88.1 Å². The van der Waals surface area contributed by atoms with Crippen molar-refractivity contribution in [3.05, 3.63) is 68.7 Å². The Morgan fingerprint density at radius 2 is 1.89 bits per heavy atom. The van der Waals surface area contributed by atoms with Crippen molar-refractivity contribution in [1.82, 2.24) is 18.9 Å². The zero-order valence-corrected chi connectivity index (χ0v) is 15.5. The van der Waals surface area contributed by atoms with Gasteiger partial charge in [0.25, 0.3) is 5.56 Å². The van der Waals surface area contributed by atoms with Crippen molar-refractivity contribution < 1.29 is 9.53 Å². The number of hydrogen-bond acceptors (Lipinski definition) is 5. The summed E-state index contributed by atoms with van der Waals surface area (Å²) in [5.74, 6) is -0.571. The molecule has 0 atom stereocenters. The second-order valence-corrected chi connectivity index (χ2v) is 6.21. The van der Waals surface area contributed by atoms with Crippen LogP contribution in [0, 0.1) is 0 Å². The van der Waals surface area contributed by atoms with Gasteiger partial charge >= 0.3 is 11.7 Å². The predicted octanol–water partition coefficient (Wildman–Crippen LogP) is 1.62. The van der Waals surface area contributed by atoms with Crippen molar-refractivity contribution in [3.8, 4) is 16.8 Å². The molecule has 3 rings (SSSR count). The number of aromatic nitrogens is 4. The average molecular weight is 389 g/mol. The highest BCUT2D eigenvalue weighted by molar-refractivity contribution is 6.30. The number of halogens is 1. The number of rotatable bonds is 5. The van der Waals surface area contributed by atoms with Crippen molar-refractivity contribution in [2.45, 2.75) is 13.5 Å². The maximum absolute atomic E-state index is 13.0. The van der Waals surface area contributed by atoms with Crippen LogP contribution in [0.3, 0.4) is 0 Å². The first-order valence-electron chi connectivity index (χ1n) is 8.17. The van der Waals surface area contributed by atoms with E-state index in [4.69, 9.17) is 16.3 Å². The van der Waals surface area contributed by atoms with E-state index < -0.39 is 17.2 Å². The summed E-state index contributed by atoms with van der Waals surface area (Å²) in [5, 5.41) is 4.53. The van der Waals surface area contributed by atoms with E-state index in [1.807, 2.05) is 0 Å². The van der Waals surface area contributed by atoms with E-state index in [9.17, 15) is 14.4 Å². The van der Waals surface area contributed by atoms with Gasteiger partial charge in [0.15, 0.2) is 0 Å². The van der Waals surface area contributed by atoms with Gasteiger partial charge in [0.05, 0.1) is 24.1 Å². The third-order valence-corrected chi connectivity index (χ3v) is 4.12. The molecule has 0 N–H and O–H groups in total. The Morgan fingerprint density at radius 1 is 1.19 bits per heavy atom. The smallest absolute Gasteiger partial charge is 0.336 e. The molecule has 0 saturated heterocycles. The zero-order chi connectivity index (χ0) is 19.6. The van der Waals surface area contributed by atoms with Gasteiger partial charge in [-0.3, -0.25) is 18.8 Å². The standard InChI is InChI=1S/C18H17ClN4O4/c1-3-27-16(24)11-22-10-15(12-4-6-13(19)7-5-12)17(25)23(18(22)26)14-8-20-21(2)9-14/h4-10H,3,11H2,1-2H3. The molecule has 0 fully saturated rings. The monoisotopic (exact) mass is 388 g/mol. The highest BCUT2D eigenvalue weighted by Crippen LogP contribution is 2.18. The van der Waals surface area contributed by atoms with Gasteiger partial charge in [-0.1, -0.05) is 23.7 Å². The maximum atomic E-state index is 13.0. The fraction of sp³-hybridized carbons (Fsp3) is 0.222. The minimum atomic E-state index is -0.654. The summed E-state index contributed by atoms with van der Waals surface area (Å²) < 4.78 is 8.53. The van der Waals surface area contributed by atoms with Crippen molar-refractivity contribution in [2.24, 2.45) is 7.05 Å². The van der Waals surface area contributed by atoms with Crippen LogP contribution in [0.2, 0.25) is 5.02 Å². The minimum absolute atomic E-state index is 0.194. The number of aryl methyl sites for hydroxylation is 1. The molecule has 0 amide bonds. The van der Waals surface area contributed by atoms with E-state index in [1.165, 1.54) is 17.1 Å². The molecular formula is C18H17ClN4O4. The molecule has 0 bridgehead atoms. The highest BCUT2D eigenvalue weighted by atomic mass is 35.5. The van der Waals surface area contributed by atoms with Gasteiger partial charge in [0, 0.05) is 24.5 Å². The van der Waals surface area contributed by atoms with E-state index in [0.717, 1.165) is 9.13 Å². The minimum Gasteiger partial charge on any atom is -0.465 e. The first-order chi connectivity index (χ1) is 12.9. The molecule has 0 aliphatic heterocycles. The van der Waals surface area contributed by atoms with Crippen molar-refractivity contribution in [3.63, 3.8) is 0 Å². The lowest BCUT2D eigenvalue weighted by molar-refractivity contribution is -0.143.